The summed E-state index contributed by atoms with van der Waals surface area (Å²) in [6, 6.07) is 8.16. The molecule has 0 N–H and O–H groups in total. The highest BCUT2D eigenvalue weighted by Crippen LogP contribution is 2.35. The van der Waals surface area contributed by atoms with Crippen molar-refractivity contribution >= 4 is 38.5 Å². The summed E-state index contributed by atoms with van der Waals surface area (Å²) in [5.41, 5.74) is 1.09. The molecule has 0 atom stereocenters. The van der Waals surface area contributed by atoms with Gasteiger partial charge >= 0.3 is 0 Å². The van der Waals surface area contributed by atoms with Crippen LogP contribution in [0.4, 0.5) is 0 Å². The maximum absolute atomic E-state index is 5.84. The summed E-state index contributed by atoms with van der Waals surface area (Å²) >= 11 is 5.24. The Labute approximate surface area is 118 Å². The molecule has 0 spiro atoms. The fourth-order valence-corrected chi connectivity index (χ4v) is 2.98. The fraction of sp³-hybridized carbons (Fsp3) is 0.154. The SMILES string of the molecule is Brc1ccc(C2=C(n3ccnc3)SCCO2)cc1. The van der Waals surface area contributed by atoms with Crippen LogP contribution in [0.1, 0.15) is 5.56 Å². The van der Waals surface area contributed by atoms with E-state index >= 15 is 0 Å². The van der Waals surface area contributed by atoms with Crippen molar-refractivity contribution in [2.24, 2.45) is 0 Å². The highest BCUT2D eigenvalue weighted by Gasteiger charge is 2.17. The normalized spacial score (nSPS) is 15.6. The Morgan fingerprint density at radius 2 is 2.11 bits per heavy atom. The molecule has 2 aromatic rings. The van der Waals surface area contributed by atoms with Gasteiger partial charge in [-0.3, -0.25) is 4.57 Å². The summed E-state index contributed by atoms with van der Waals surface area (Å²) in [5.74, 6) is 1.89. The van der Waals surface area contributed by atoms with Gasteiger partial charge in [-0.05, 0) is 12.1 Å². The first-order chi connectivity index (χ1) is 8.84. The first-order valence-electron chi connectivity index (χ1n) is 5.59. The molecule has 0 aliphatic carbocycles. The minimum absolute atomic E-state index is 0.744. The average Bonchev–Trinajstić information content (AvgIpc) is 2.93. The van der Waals surface area contributed by atoms with Gasteiger partial charge in [0.05, 0.1) is 12.9 Å². The monoisotopic (exact) mass is 322 g/mol. The Morgan fingerprint density at radius 3 is 2.83 bits per heavy atom. The van der Waals surface area contributed by atoms with Crippen molar-refractivity contribution in [3.63, 3.8) is 0 Å². The van der Waals surface area contributed by atoms with Crippen LogP contribution in [0.25, 0.3) is 10.8 Å². The van der Waals surface area contributed by atoms with E-state index in [-0.39, 0.29) is 0 Å². The van der Waals surface area contributed by atoms with E-state index in [0.717, 1.165) is 33.2 Å². The summed E-state index contributed by atoms with van der Waals surface area (Å²) in [5, 5.41) is 1.10. The van der Waals surface area contributed by atoms with Crippen LogP contribution in [0.2, 0.25) is 0 Å². The van der Waals surface area contributed by atoms with Crippen LogP contribution in [0, 0.1) is 0 Å². The topological polar surface area (TPSA) is 27.1 Å². The highest BCUT2D eigenvalue weighted by molar-refractivity contribution is 9.10. The van der Waals surface area contributed by atoms with Gasteiger partial charge in [0.25, 0.3) is 0 Å². The van der Waals surface area contributed by atoms with Crippen molar-refractivity contribution in [3.05, 3.63) is 53.0 Å². The van der Waals surface area contributed by atoms with Crippen LogP contribution in [-0.4, -0.2) is 21.9 Å². The van der Waals surface area contributed by atoms with E-state index in [9.17, 15) is 0 Å². The number of halogens is 1. The Morgan fingerprint density at radius 1 is 1.28 bits per heavy atom. The molecule has 2 heterocycles. The molecule has 3 nitrogen and oxygen atoms in total. The first-order valence-corrected chi connectivity index (χ1v) is 7.36. The Bertz CT molecular complexity index is 563. The van der Waals surface area contributed by atoms with Crippen molar-refractivity contribution in [1.29, 1.82) is 0 Å². The van der Waals surface area contributed by atoms with Crippen LogP contribution in [0.3, 0.4) is 0 Å². The summed E-state index contributed by atoms with van der Waals surface area (Å²) in [4.78, 5) is 4.09. The zero-order valence-corrected chi connectivity index (χ0v) is 11.9. The molecule has 1 aliphatic heterocycles. The van der Waals surface area contributed by atoms with E-state index < -0.39 is 0 Å². The van der Waals surface area contributed by atoms with E-state index in [1.165, 1.54) is 0 Å². The molecule has 92 valence electrons. The number of nitrogens with zero attached hydrogens (tertiary/aromatic N) is 2. The van der Waals surface area contributed by atoms with Crippen molar-refractivity contribution in [1.82, 2.24) is 9.55 Å². The second-order valence-corrected chi connectivity index (χ2v) is 5.81. The zero-order chi connectivity index (χ0) is 12.4. The van der Waals surface area contributed by atoms with Crippen LogP contribution < -0.4 is 0 Å². The van der Waals surface area contributed by atoms with E-state index in [1.807, 2.05) is 22.9 Å². The molecule has 1 aromatic heterocycles. The number of benzene rings is 1. The quantitative estimate of drug-likeness (QED) is 0.843. The van der Waals surface area contributed by atoms with Gasteiger partial charge in [-0.2, -0.15) is 0 Å². The second kappa shape index (κ2) is 5.20. The lowest BCUT2D eigenvalue weighted by molar-refractivity contribution is 0.300. The number of hydrogen-bond acceptors (Lipinski definition) is 3. The van der Waals surface area contributed by atoms with Gasteiger partial charge < -0.3 is 4.74 Å². The number of aromatic nitrogens is 2. The molecule has 0 bridgehead atoms. The molecule has 1 aliphatic rings. The Balaban J connectivity index is 2.07. The van der Waals surface area contributed by atoms with Gasteiger partial charge in [-0.25, -0.2) is 4.98 Å². The van der Waals surface area contributed by atoms with E-state index in [1.54, 1.807) is 24.3 Å². The smallest absolute Gasteiger partial charge is 0.157 e. The maximum Gasteiger partial charge on any atom is 0.157 e. The fourth-order valence-electron chi connectivity index (χ4n) is 1.79. The van der Waals surface area contributed by atoms with Crippen LogP contribution in [0.5, 0.6) is 0 Å². The van der Waals surface area contributed by atoms with Gasteiger partial charge in [0.2, 0.25) is 0 Å². The minimum atomic E-state index is 0.744. The standard InChI is InChI=1S/C13H11BrN2OS/c14-11-3-1-10(2-4-11)12-13(18-8-7-17-12)16-6-5-15-9-16/h1-6,9H,7-8H2. The number of rotatable bonds is 2. The largest absolute Gasteiger partial charge is 0.489 e. The molecule has 5 heteroatoms. The molecule has 1 aromatic carbocycles. The molecule has 0 saturated carbocycles. The van der Waals surface area contributed by atoms with E-state index in [4.69, 9.17) is 4.74 Å². The third kappa shape index (κ3) is 2.33. The Kier molecular flexibility index (Phi) is 3.43. The number of imidazole rings is 1. The number of ether oxygens (including phenoxy) is 1. The van der Waals surface area contributed by atoms with Gasteiger partial charge in [-0.1, -0.05) is 28.1 Å². The molecule has 3 rings (SSSR count). The van der Waals surface area contributed by atoms with Gasteiger partial charge in [0.1, 0.15) is 5.03 Å². The van der Waals surface area contributed by atoms with E-state index in [0.29, 0.717) is 0 Å². The maximum atomic E-state index is 5.84. The molecule has 0 fully saturated rings. The predicted molar refractivity (Wildman–Crippen MR) is 77.9 cm³/mol. The lowest BCUT2D eigenvalue weighted by atomic mass is 10.2. The Hall–Kier alpha value is -1.20. The van der Waals surface area contributed by atoms with Crippen LogP contribution in [-0.2, 0) is 4.74 Å². The highest BCUT2D eigenvalue weighted by atomic mass is 79.9. The van der Waals surface area contributed by atoms with Gasteiger partial charge in [0.15, 0.2) is 5.76 Å². The number of thioether (sulfide) groups is 1. The molecule has 0 radical (unpaired) electrons. The van der Waals surface area contributed by atoms with Crippen molar-refractivity contribution in [3.8, 4) is 0 Å². The molecular formula is C13H11BrN2OS. The lowest BCUT2D eigenvalue weighted by Gasteiger charge is -2.21. The number of hydrogen-bond donors (Lipinski definition) is 0. The third-order valence-electron chi connectivity index (χ3n) is 2.61. The molecule has 0 unspecified atom stereocenters. The van der Waals surface area contributed by atoms with Gasteiger partial charge in [0, 0.05) is 28.2 Å². The predicted octanol–water partition coefficient (Wildman–Crippen LogP) is 3.69. The molecule has 0 amide bonds. The average molecular weight is 323 g/mol. The van der Waals surface area contributed by atoms with Crippen LogP contribution in [0.15, 0.2) is 47.5 Å². The minimum Gasteiger partial charge on any atom is -0.489 e. The lowest BCUT2D eigenvalue weighted by Crippen LogP contribution is -2.08. The van der Waals surface area contributed by atoms with E-state index in [2.05, 4.69) is 33.0 Å². The van der Waals surface area contributed by atoms with Crippen LogP contribution >= 0.6 is 27.7 Å². The second-order valence-electron chi connectivity index (χ2n) is 3.81. The van der Waals surface area contributed by atoms with Crippen molar-refractivity contribution < 1.29 is 4.74 Å². The van der Waals surface area contributed by atoms with Crippen molar-refractivity contribution in [2.75, 3.05) is 12.4 Å². The molecule has 0 saturated heterocycles. The summed E-state index contributed by atoms with van der Waals surface area (Å²) in [6.45, 7) is 0.744. The summed E-state index contributed by atoms with van der Waals surface area (Å²) in [7, 11) is 0. The van der Waals surface area contributed by atoms with Crippen molar-refractivity contribution in [2.45, 2.75) is 0 Å². The van der Waals surface area contributed by atoms with Gasteiger partial charge in [-0.15, -0.1) is 11.8 Å². The zero-order valence-electron chi connectivity index (χ0n) is 9.54. The first kappa shape index (κ1) is 11.9. The summed E-state index contributed by atoms with van der Waals surface area (Å²) in [6.07, 6.45) is 5.52. The molecular weight excluding hydrogens is 312 g/mol. The molecule has 18 heavy (non-hydrogen) atoms. The third-order valence-corrected chi connectivity index (χ3v) is 4.18. The summed E-state index contributed by atoms with van der Waals surface area (Å²) < 4.78 is 8.91.